The molecule has 0 saturated heterocycles. The first-order chi connectivity index (χ1) is 12.1. The maximum Gasteiger partial charge on any atom is 0.317 e. The minimum Gasteiger partial charge on any atom is -0.480 e. The second kappa shape index (κ2) is 6.59. The van der Waals surface area contributed by atoms with E-state index in [4.69, 9.17) is 10.1 Å². The van der Waals surface area contributed by atoms with E-state index < -0.39 is 5.97 Å². The van der Waals surface area contributed by atoms with E-state index in [1.165, 1.54) is 12.8 Å². The zero-order valence-electron chi connectivity index (χ0n) is 14.5. The standard InChI is InChI=1S/C19H24N4O2/c1-12-19(22-17-5-3-2-4-16(17)20-12)21-14-8-15(9-14)23(11-18(24)25)10-13-6-7-13/h2-5,13-15H,6-11H2,1H3,(H,21,22)(H,24,25). The minimum atomic E-state index is -0.728. The van der Waals surface area contributed by atoms with E-state index in [2.05, 4.69) is 15.2 Å². The second-order valence-electron chi connectivity index (χ2n) is 7.38. The van der Waals surface area contributed by atoms with Gasteiger partial charge in [-0.3, -0.25) is 9.69 Å². The SMILES string of the molecule is Cc1nc2ccccc2nc1NC1CC(N(CC(=O)O)CC2CC2)C1. The number of hydrogen-bond donors (Lipinski definition) is 2. The predicted molar refractivity (Wildman–Crippen MR) is 96.6 cm³/mol. The van der Waals surface area contributed by atoms with Gasteiger partial charge in [-0.2, -0.15) is 0 Å². The van der Waals surface area contributed by atoms with Crippen LogP contribution in [0.4, 0.5) is 5.82 Å². The highest BCUT2D eigenvalue weighted by Gasteiger charge is 2.37. The fourth-order valence-electron chi connectivity index (χ4n) is 3.57. The molecule has 4 rings (SSSR count). The number of nitrogens with one attached hydrogen (secondary N) is 1. The van der Waals surface area contributed by atoms with Gasteiger partial charge >= 0.3 is 5.97 Å². The van der Waals surface area contributed by atoms with Gasteiger partial charge in [0, 0.05) is 18.6 Å². The van der Waals surface area contributed by atoms with Crippen LogP contribution in [0.2, 0.25) is 0 Å². The maximum atomic E-state index is 11.1. The van der Waals surface area contributed by atoms with E-state index in [0.717, 1.165) is 41.9 Å². The summed E-state index contributed by atoms with van der Waals surface area (Å²) in [5.74, 6) is 0.822. The molecule has 1 heterocycles. The molecule has 2 N–H and O–H groups in total. The molecule has 0 radical (unpaired) electrons. The smallest absolute Gasteiger partial charge is 0.317 e. The highest BCUT2D eigenvalue weighted by molar-refractivity contribution is 5.76. The lowest BCUT2D eigenvalue weighted by atomic mass is 9.85. The Balaban J connectivity index is 1.38. The zero-order valence-corrected chi connectivity index (χ0v) is 14.5. The minimum absolute atomic E-state index is 0.155. The highest BCUT2D eigenvalue weighted by Crippen LogP contribution is 2.34. The summed E-state index contributed by atoms with van der Waals surface area (Å²) in [6.07, 6.45) is 4.43. The van der Waals surface area contributed by atoms with Crippen LogP contribution < -0.4 is 5.32 Å². The molecule has 0 aliphatic heterocycles. The molecule has 2 aliphatic rings. The summed E-state index contributed by atoms with van der Waals surface area (Å²) < 4.78 is 0. The van der Waals surface area contributed by atoms with E-state index in [1.807, 2.05) is 31.2 Å². The van der Waals surface area contributed by atoms with Gasteiger partial charge in [-0.1, -0.05) is 12.1 Å². The number of aromatic nitrogens is 2. The third-order valence-electron chi connectivity index (χ3n) is 5.24. The Morgan fingerprint density at radius 3 is 2.56 bits per heavy atom. The molecule has 2 saturated carbocycles. The first kappa shape index (κ1) is 16.3. The van der Waals surface area contributed by atoms with Gasteiger partial charge in [0.15, 0.2) is 0 Å². The predicted octanol–water partition coefficient (Wildman–Crippen LogP) is 2.68. The molecule has 1 aromatic heterocycles. The van der Waals surface area contributed by atoms with Gasteiger partial charge in [0.1, 0.15) is 5.82 Å². The fourth-order valence-corrected chi connectivity index (χ4v) is 3.57. The van der Waals surface area contributed by atoms with Crippen LogP contribution in [-0.2, 0) is 4.79 Å². The number of carbonyl (C=O) groups is 1. The van der Waals surface area contributed by atoms with Crippen molar-refractivity contribution < 1.29 is 9.90 Å². The summed E-state index contributed by atoms with van der Waals surface area (Å²) >= 11 is 0. The third-order valence-corrected chi connectivity index (χ3v) is 5.24. The molecule has 2 aliphatic carbocycles. The third kappa shape index (κ3) is 3.74. The lowest BCUT2D eigenvalue weighted by Crippen LogP contribution is -2.52. The summed E-state index contributed by atoms with van der Waals surface area (Å²) in [5.41, 5.74) is 2.71. The summed E-state index contributed by atoms with van der Waals surface area (Å²) in [7, 11) is 0. The Labute approximate surface area is 147 Å². The van der Waals surface area contributed by atoms with E-state index in [-0.39, 0.29) is 6.54 Å². The number of rotatable bonds is 7. The van der Waals surface area contributed by atoms with Crippen LogP contribution in [0.15, 0.2) is 24.3 Å². The quantitative estimate of drug-likeness (QED) is 0.807. The van der Waals surface area contributed by atoms with Crippen molar-refractivity contribution >= 4 is 22.8 Å². The van der Waals surface area contributed by atoms with Gasteiger partial charge in [0.05, 0.1) is 23.3 Å². The van der Waals surface area contributed by atoms with E-state index in [1.54, 1.807) is 0 Å². The molecule has 1 aromatic carbocycles. The maximum absolute atomic E-state index is 11.1. The van der Waals surface area contributed by atoms with Gasteiger partial charge in [-0.25, -0.2) is 9.97 Å². The Hall–Kier alpha value is -2.21. The van der Waals surface area contributed by atoms with Crippen LogP contribution in [0.25, 0.3) is 11.0 Å². The normalized spacial score (nSPS) is 22.8. The number of aliphatic carboxylic acids is 1. The largest absolute Gasteiger partial charge is 0.480 e. The second-order valence-corrected chi connectivity index (χ2v) is 7.38. The molecule has 0 atom stereocenters. The van der Waals surface area contributed by atoms with Crippen molar-refractivity contribution in [1.29, 1.82) is 0 Å². The molecule has 0 spiro atoms. The van der Waals surface area contributed by atoms with E-state index in [0.29, 0.717) is 18.0 Å². The average Bonchev–Trinajstić information content (AvgIpc) is 3.33. The van der Waals surface area contributed by atoms with Crippen LogP contribution in [0, 0.1) is 12.8 Å². The number of carboxylic acids is 1. The van der Waals surface area contributed by atoms with Crippen molar-refractivity contribution in [2.45, 2.75) is 44.7 Å². The van der Waals surface area contributed by atoms with Crippen molar-refractivity contribution in [2.24, 2.45) is 5.92 Å². The summed E-state index contributed by atoms with van der Waals surface area (Å²) in [6.45, 7) is 3.06. The first-order valence-electron chi connectivity index (χ1n) is 9.04. The number of anilines is 1. The van der Waals surface area contributed by atoms with Crippen molar-refractivity contribution in [1.82, 2.24) is 14.9 Å². The summed E-state index contributed by atoms with van der Waals surface area (Å²) in [5, 5.41) is 12.6. The van der Waals surface area contributed by atoms with Gasteiger partial charge in [-0.15, -0.1) is 0 Å². The van der Waals surface area contributed by atoms with Crippen LogP contribution in [-0.4, -0.2) is 51.1 Å². The van der Waals surface area contributed by atoms with Gasteiger partial charge < -0.3 is 10.4 Å². The Bertz CT molecular complexity index is 784. The highest BCUT2D eigenvalue weighted by atomic mass is 16.4. The van der Waals surface area contributed by atoms with Gasteiger partial charge in [-0.05, 0) is 50.7 Å². The van der Waals surface area contributed by atoms with Gasteiger partial charge in [0.25, 0.3) is 0 Å². The number of aryl methyl sites for hydroxylation is 1. The molecule has 25 heavy (non-hydrogen) atoms. The molecule has 0 amide bonds. The monoisotopic (exact) mass is 340 g/mol. The molecule has 2 aromatic rings. The van der Waals surface area contributed by atoms with Gasteiger partial charge in [0.2, 0.25) is 0 Å². The molecule has 0 unspecified atom stereocenters. The van der Waals surface area contributed by atoms with Crippen molar-refractivity contribution in [3.8, 4) is 0 Å². The number of carboxylic acid groups (broad SMARTS) is 1. The average molecular weight is 340 g/mol. The fraction of sp³-hybridized carbons (Fsp3) is 0.526. The molecule has 132 valence electrons. The Morgan fingerprint density at radius 1 is 1.24 bits per heavy atom. The Morgan fingerprint density at radius 2 is 1.92 bits per heavy atom. The number of nitrogens with zero attached hydrogens (tertiary/aromatic N) is 3. The topological polar surface area (TPSA) is 78.4 Å². The number of para-hydroxylation sites is 2. The van der Waals surface area contributed by atoms with Crippen LogP contribution in [0.3, 0.4) is 0 Å². The summed E-state index contributed by atoms with van der Waals surface area (Å²) in [6, 6.07) is 8.59. The van der Waals surface area contributed by atoms with Crippen molar-refractivity contribution in [3.05, 3.63) is 30.0 Å². The molecule has 6 heteroatoms. The first-order valence-corrected chi connectivity index (χ1v) is 9.04. The summed E-state index contributed by atoms with van der Waals surface area (Å²) in [4.78, 5) is 22.6. The van der Waals surface area contributed by atoms with Crippen molar-refractivity contribution in [3.63, 3.8) is 0 Å². The Kier molecular flexibility index (Phi) is 4.29. The number of hydrogen-bond acceptors (Lipinski definition) is 5. The molecular weight excluding hydrogens is 316 g/mol. The molecule has 0 bridgehead atoms. The molecule has 2 fully saturated rings. The van der Waals surface area contributed by atoms with Crippen LogP contribution >= 0.6 is 0 Å². The number of fused-ring (bicyclic) bond motifs is 1. The van der Waals surface area contributed by atoms with Crippen LogP contribution in [0.5, 0.6) is 0 Å². The number of benzene rings is 1. The van der Waals surface area contributed by atoms with Crippen LogP contribution in [0.1, 0.15) is 31.4 Å². The molecule has 6 nitrogen and oxygen atoms in total. The van der Waals surface area contributed by atoms with E-state index >= 15 is 0 Å². The van der Waals surface area contributed by atoms with Crippen molar-refractivity contribution in [2.75, 3.05) is 18.4 Å². The zero-order chi connectivity index (χ0) is 17.4. The lowest BCUT2D eigenvalue weighted by Gasteiger charge is -2.43. The van der Waals surface area contributed by atoms with E-state index in [9.17, 15) is 4.79 Å². The lowest BCUT2D eigenvalue weighted by molar-refractivity contribution is -0.139. The molecular formula is C19H24N4O2.